The molecule has 0 radical (unpaired) electrons. The van der Waals surface area contributed by atoms with Crippen LogP contribution in [-0.4, -0.2) is 19.2 Å². The van der Waals surface area contributed by atoms with Gasteiger partial charge in [-0.2, -0.15) is 0 Å². The average Bonchev–Trinajstić information content (AvgIpc) is 3.15. The van der Waals surface area contributed by atoms with Crippen molar-refractivity contribution in [2.24, 2.45) is 0 Å². The number of thiazole rings is 1. The second-order valence-electron chi connectivity index (χ2n) is 5.72. The molecule has 0 aliphatic carbocycles. The lowest BCUT2D eigenvalue weighted by atomic mass is 10.1. The van der Waals surface area contributed by atoms with Crippen molar-refractivity contribution in [3.8, 4) is 22.8 Å². The molecule has 1 N–H and O–H groups in total. The lowest BCUT2D eigenvalue weighted by Crippen LogP contribution is -2.02. The molecule has 0 saturated carbocycles. The summed E-state index contributed by atoms with van der Waals surface area (Å²) >= 11 is 1.40. The quantitative estimate of drug-likeness (QED) is 0.507. The van der Waals surface area contributed by atoms with Crippen molar-refractivity contribution < 1.29 is 13.9 Å². The van der Waals surface area contributed by atoms with Crippen molar-refractivity contribution in [3.05, 3.63) is 64.3 Å². The Labute approximate surface area is 159 Å². The van der Waals surface area contributed by atoms with Crippen LogP contribution in [0.15, 0.2) is 63.1 Å². The standard InChI is InChI=1S/C20H16N2O4S/c1-24-17-8-7-13(10-18(17)25-2)21-20-22-15(11-27-20)14-9-12-5-3-4-6-16(12)26-19(14)23/h3-11H,1-2H3,(H,21,22). The third-order valence-electron chi connectivity index (χ3n) is 4.06. The minimum atomic E-state index is -0.406. The zero-order valence-electron chi connectivity index (χ0n) is 14.7. The molecule has 4 rings (SSSR count). The van der Waals surface area contributed by atoms with Crippen molar-refractivity contribution in [2.75, 3.05) is 19.5 Å². The third kappa shape index (κ3) is 3.37. The molecular formula is C20H16N2O4S. The van der Waals surface area contributed by atoms with E-state index in [1.54, 1.807) is 26.4 Å². The fourth-order valence-electron chi connectivity index (χ4n) is 2.73. The second kappa shape index (κ2) is 7.13. The molecule has 6 nitrogen and oxygen atoms in total. The van der Waals surface area contributed by atoms with E-state index in [1.807, 2.05) is 41.8 Å². The summed E-state index contributed by atoms with van der Waals surface area (Å²) in [7, 11) is 3.18. The second-order valence-corrected chi connectivity index (χ2v) is 6.58. The van der Waals surface area contributed by atoms with Crippen LogP contribution in [0.4, 0.5) is 10.8 Å². The molecular weight excluding hydrogens is 364 g/mol. The minimum Gasteiger partial charge on any atom is -0.493 e. The Hall–Kier alpha value is -3.32. The van der Waals surface area contributed by atoms with E-state index in [4.69, 9.17) is 13.9 Å². The number of aromatic nitrogens is 1. The Bertz CT molecular complexity index is 1170. The molecule has 4 aromatic rings. The molecule has 0 aliphatic heterocycles. The van der Waals surface area contributed by atoms with Crippen LogP contribution in [0.1, 0.15) is 0 Å². The number of rotatable bonds is 5. The lowest BCUT2D eigenvalue weighted by molar-refractivity contribution is 0.355. The predicted octanol–water partition coefficient (Wildman–Crippen LogP) is 4.68. The van der Waals surface area contributed by atoms with Crippen molar-refractivity contribution in [1.82, 2.24) is 4.98 Å². The molecule has 2 aromatic heterocycles. The summed E-state index contributed by atoms with van der Waals surface area (Å²) in [4.78, 5) is 16.8. The SMILES string of the molecule is COc1ccc(Nc2nc(-c3cc4ccccc4oc3=O)cs2)cc1OC. The van der Waals surface area contributed by atoms with E-state index >= 15 is 0 Å². The first kappa shape index (κ1) is 17.1. The van der Waals surface area contributed by atoms with Gasteiger partial charge in [0.2, 0.25) is 0 Å². The van der Waals surface area contributed by atoms with Crippen LogP contribution in [0.2, 0.25) is 0 Å². The van der Waals surface area contributed by atoms with Gasteiger partial charge in [0.05, 0.1) is 25.5 Å². The number of anilines is 2. The Morgan fingerprint density at radius 2 is 1.85 bits per heavy atom. The van der Waals surface area contributed by atoms with Gasteiger partial charge in [0, 0.05) is 22.5 Å². The molecule has 7 heteroatoms. The van der Waals surface area contributed by atoms with E-state index in [-0.39, 0.29) is 0 Å². The van der Waals surface area contributed by atoms with Gasteiger partial charge in [-0.15, -0.1) is 11.3 Å². The number of ether oxygens (including phenoxy) is 2. The van der Waals surface area contributed by atoms with E-state index in [0.717, 1.165) is 11.1 Å². The molecule has 0 fully saturated rings. The Kier molecular flexibility index (Phi) is 4.52. The summed E-state index contributed by atoms with van der Waals surface area (Å²) < 4.78 is 15.9. The van der Waals surface area contributed by atoms with E-state index in [0.29, 0.717) is 33.5 Å². The molecule has 0 bridgehead atoms. The van der Waals surface area contributed by atoms with Crippen molar-refractivity contribution in [3.63, 3.8) is 0 Å². The van der Waals surface area contributed by atoms with Crippen LogP contribution in [0, 0.1) is 0 Å². The fraction of sp³-hybridized carbons (Fsp3) is 0.100. The predicted molar refractivity (Wildman–Crippen MR) is 106 cm³/mol. The summed E-state index contributed by atoms with van der Waals surface area (Å²) in [6.07, 6.45) is 0. The van der Waals surface area contributed by atoms with Gasteiger partial charge in [0.1, 0.15) is 5.58 Å². The van der Waals surface area contributed by atoms with Crippen LogP contribution in [0.5, 0.6) is 11.5 Å². The third-order valence-corrected chi connectivity index (χ3v) is 4.81. The van der Waals surface area contributed by atoms with Gasteiger partial charge in [-0.3, -0.25) is 0 Å². The van der Waals surface area contributed by atoms with Gasteiger partial charge >= 0.3 is 5.63 Å². The molecule has 0 saturated heterocycles. The highest BCUT2D eigenvalue weighted by molar-refractivity contribution is 7.14. The first-order valence-electron chi connectivity index (χ1n) is 8.16. The van der Waals surface area contributed by atoms with Gasteiger partial charge < -0.3 is 19.2 Å². The zero-order valence-corrected chi connectivity index (χ0v) is 15.5. The van der Waals surface area contributed by atoms with Gasteiger partial charge in [0.25, 0.3) is 0 Å². The Morgan fingerprint density at radius 3 is 2.67 bits per heavy atom. The number of methoxy groups -OCH3 is 2. The Balaban J connectivity index is 1.64. The van der Waals surface area contributed by atoms with E-state index < -0.39 is 5.63 Å². The largest absolute Gasteiger partial charge is 0.493 e. The number of hydrogen-bond acceptors (Lipinski definition) is 7. The highest BCUT2D eigenvalue weighted by Crippen LogP contribution is 2.32. The maximum Gasteiger partial charge on any atom is 0.345 e. The number of fused-ring (bicyclic) bond motifs is 1. The number of nitrogens with one attached hydrogen (secondary N) is 1. The maximum atomic E-state index is 12.3. The molecule has 0 unspecified atom stereocenters. The number of benzene rings is 2. The first-order chi connectivity index (χ1) is 13.2. The monoisotopic (exact) mass is 380 g/mol. The topological polar surface area (TPSA) is 73.6 Å². The van der Waals surface area contributed by atoms with Crippen molar-refractivity contribution in [1.29, 1.82) is 0 Å². The minimum absolute atomic E-state index is 0.406. The van der Waals surface area contributed by atoms with Crippen molar-refractivity contribution >= 4 is 33.1 Å². The summed E-state index contributed by atoms with van der Waals surface area (Å²) in [6, 6.07) is 14.7. The Morgan fingerprint density at radius 1 is 1.04 bits per heavy atom. The maximum absolute atomic E-state index is 12.3. The van der Waals surface area contributed by atoms with Crippen LogP contribution in [-0.2, 0) is 0 Å². The highest BCUT2D eigenvalue weighted by atomic mass is 32.1. The zero-order chi connectivity index (χ0) is 18.8. The van der Waals surface area contributed by atoms with Crippen molar-refractivity contribution in [2.45, 2.75) is 0 Å². The smallest absolute Gasteiger partial charge is 0.345 e. The summed E-state index contributed by atoms with van der Waals surface area (Å²) in [5, 5.41) is 6.55. The average molecular weight is 380 g/mol. The summed E-state index contributed by atoms with van der Waals surface area (Å²) in [5.74, 6) is 1.27. The number of para-hydroxylation sites is 1. The molecule has 2 aromatic carbocycles. The number of nitrogens with zero attached hydrogens (tertiary/aromatic N) is 1. The lowest BCUT2D eigenvalue weighted by Gasteiger charge is -2.09. The van der Waals surface area contributed by atoms with E-state index in [1.165, 1.54) is 11.3 Å². The fourth-order valence-corrected chi connectivity index (χ4v) is 3.46. The van der Waals surface area contributed by atoms with Crippen LogP contribution in [0.3, 0.4) is 0 Å². The van der Waals surface area contributed by atoms with Gasteiger partial charge in [-0.25, -0.2) is 9.78 Å². The van der Waals surface area contributed by atoms with Crippen LogP contribution in [0.25, 0.3) is 22.2 Å². The van der Waals surface area contributed by atoms with Gasteiger partial charge in [-0.05, 0) is 24.3 Å². The summed E-state index contributed by atoms with van der Waals surface area (Å²) in [5.41, 5.74) is 1.97. The molecule has 0 atom stereocenters. The number of hydrogen-bond donors (Lipinski definition) is 1. The van der Waals surface area contributed by atoms with Crippen LogP contribution >= 0.6 is 11.3 Å². The first-order valence-corrected chi connectivity index (χ1v) is 9.04. The molecule has 136 valence electrons. The van der Waals surface area contributed by atoms with E-state index in [2.05, 4.69) is 10.3 Å². The molecule has 27 heavy (non-hydrogen) atoms. The molecule has 0 spiro atoms. The molecule has 0 aliphatic rings. The normalized spacial score (nSPS) is 10.7. The summed E-state index contributed by atoms with van der Waals surface area (Å²) in [6.45, 7) is 0. The molecule has 0 amide bonds. The van der Waals surface area contributed by atoms with Gasteiger partial charge in [-0.1, -0.05) is 18.2 Å². The molecule has 2 heterocycles. The van der Waals surface area contributed by atoms with Gasteiger partial charge in [0.15, 0.2) is 16.6 Å². The highest BCUT2D eigenvalue weighted by Gasteiger charge is 2.12. The van der Waals surface area contributed by atoms with E-state index in [9.17, 15) is 4.79 Å². The van der Waals surface area contributed by atoms with Crippen LogP contribution < -0.4 is 20.4 Å².